The standard InChI is InChI=1S/C64H108O6/c1-4-7-10-13-16-18-20-22-24-26-27-28-29-30-31-32-33-34-35-36-37-39-40-42-44-46-48-51-54-57-63(66)69-60-61(59-68-62(65)56-53-50-15-12-9-6-3)70-64(67)58-55-52-49-47-45-43-41-38-25-23-21-19-17-14-11-8-5-2/h7,10,16,18,22-25,27-28,30-31,33-34,36-37,61H,4-6,8-9,11-15,17,19-21,26,29,32,35,38-60H2,1-3H3/b10-7-,18-16-,24-22-,25-23-,28-27-,31-30-,34-33-,37-36-. The van der Waals surface area contributed by atoms with Gasteiger partial charge in [-0.05, 0) is 103 Å². The van der Waals surface area contributed by atoms with Crippen molar-refractivity contribution >= 4 is 17.9 Å². The van der Waals surface area contributed by atoms with E-state index in [0.29, 0.717) is 19.3 Å². The van der Waals surface area contributed by atoms with Crippen LogP contribution in [-0.2, 0) is 28.6 Å². The summed E-state index contributed by atoms with van der Waals surface area (Å²) in [5.41, 5.74) is 0. The van der Waals surface area contributed by atoms with Crippen molar-refractivity contribution in [2.45, 2.75) is 277 Å². The molecule has 0 aliphatic heterocycles. The Kier molecular flexibility index (Phi) is 54.9. The minimum Gasteiger partial charge on any atom is -0.462 e. The molecule has 70 heavy (non-hydrogen) atoms. The van der Waals surface area contributed by atoms with E-state index in [9.17, 15) is 14.4 Å². The number of hydrogen-bond donors (Lipinski definition) is 0. The van der Waals surface area contributed by atoms with Gasteiger partial charge in [-0.1, -0.05) is 246 Å². The zero-order valence-corrected chi connectivity index (χ0v) is 45.8. The minimum absolute atomic E-state index is 0.0822. The Morgan fingerprint density at radius 3 is 0.886 bits per heavy atom. The molecule has 0 aromatic heterocycles. The van der Waals surface area contributed by atoms with E-state index >= 15 is 0 Å². The molecule has 0 fully saturated rings. The van der Waals surface area contributed by atoms with Crippen LogP contribution in [0.4, 0.5) is 0 Å². The highest BCUT2D eigenvalue weighted by Crippen LogP contribution is 2.15. The summed E-state index contributed by atoms with van der Waals surface area (Å²) in [7, 11) is 0. The molecular formula is C64H108O6. The van der Waals surface area contributed by atoms with Gasteiger partial charge in [0.1, 0.15) is 13.2 Å². The van der Waals surface area contributed by atoms with Gasteiger partial charge in [-0.15, -0.1) is 0 Å². The average molecular weight is 974 g/mol. The second kappa shape index (κ2) is 57.9. The second-order valence-electron chi connectivity index (χ2n) is 19.2. The lowest BCUT2D eigenvalue weighted by atomic mass is 10.1. The van der Waals surface area contributed by atoms with E-state index in [1.54, 1.807) is 0 Å². The van der Waals surface area contributed by atoms with Gasteiger partial charge in [-0.2, -0.15) is 0 Å². The van der Waals surface area contributed by atoms with Crippen LogP contribution in [0.3, 0.4) is 0 Å². The summed E-state index contributed by atoms with van der Waals surface area (Å²) in [5, 5.41) is 0. The Hall–Kier alpha value is -3.67. The molecule has 0 saturated carbocycles. The van der Waals surface area contributed by atoms with E-state index in [1.807, 2.05) is 0 Å². The molecule has 0 rings (SSSR count). The molecule has 6 nitrogen and oxygen atoms in total. The van der Waals surface area contributed by atoms with Crippen molar-refractivity contribution < 1.29 is 28.6 Å². The lowest BCUT2D eigenvalue weighted by molar-refractivity contribution is -0.167. The van der Waals surface area contributed by atoms with Gasteiger partial charge in [-0.3, -0.25) is 14.4 Å². The molecule has 0 aromatic carbocycles. The van der Waals surface area contributed by atoms with Gasteiger partial charge in [0.05, 0.1) is 0 Å². The molecule has 0 aliphatic rings. The highest BCUT2D eigenvalue weighted by Gasteiger charge is 2.19. The predicted octanol–water partition coefficient (Wildman–Crippen LogP) is 19.7. The van der Waals surface area contributed by atoms with Crippen molar-refractivity contribution in [1.29, 1.82) is 0 Å². The number of esters is 3. The SMILES string of the molecule is CC/C=C\C/C=C\C/C=C\C/C=C\C/C=C\C/C=C\C/C=C\CCCCCCCCCC(=O)OCC(COC(=O)CCCCCCCC)OC(=O)CCCCCCCCC/C=C\CCCCCCCC. The molecule has 0 aromatic rings. The Labute approximate surface area is 432 Å². The minimum atomic E-state index is -0.781. The highest BCUT2D eigenvalue weighted by atomic mass is 16.6. The molecule has 0 N–H and O–H groups in total. The van der Waals surface area contributed by atoms with E-state index < -0.39 is 6.10 Å². The molecular weight excluding hydrogens is 865 g/mol. The quantitative estimate of drug-likeness (QED) is 0.0262. The molecule has 0 heterocycles. The Bertz CT molecular complexity index is 1400. The molecule has 0 aliphatic carbocycles. The average Bonchev–Trinajstić information content (AvgIpc) is 3.36. The first-order valence-corrected chi connectivity index (χ1v) is 29.2. The van der Waals surface area contributed by atoms with Crippen molar-refractivity contribution in [3.05, 3.63) is 97.2 Å². The van der Waals surface area contributed by atoms with Gasteiger partial charge in [0.2, 0.25) is 0 Å². The number of unbranched alkanes of at least 4 members (excludes halogenated alkanes) is 25. The zero-order valence-electron chi connectivity index (χ0n) is 45.8. The van der Waals surface area contributed by atoms with Gasteiger partial charge in [-0.25, -0.2) is 0 Å². The first kappa shape index (κ1) is 66.3. The van der Waals surface area contributed by atoms with Gasteiger partial charge in [0.25, 0.3) is 0 Å². The third kappa shape index (κ3) is 55.3. The fourth-order valence-electron chi connectivity index (χ4n) is 7.95. The number of ether oxygens (including phenoxy) is 3. The van der Waals surface area contributed by atoms with Crippen molar-refractivity contribution in [2.75, 3.05) is 13.2 Å². The number of rotatable bonds is 52. The van der Waals surface area contributed by atoms with Gasteiger partial charge >= 0.3 is 17.9 Å². The second-order valence-corrected chi connectivity index (χ2v) is 19.2. The van der Waals surface area contributed by atoms with E-state index in [-0.39, 0.29) is 31.1 Å². The number of allylic oxidation sites excluding steroid dienone is 16. The summed E-state index contributed by atoms with van der Waals surface area (Å²) in [6, 6.07) is 0. The Morgan fingerprint density at radius 1 is 0.300 bits per heavy atom. The molecule has 1 atom stereocenters. The molecule has 0 amide bonds. The van der Waals surface area contributed by atoms with E-state index in [1.165, 1.54) is 122 Å². The summed E-state index contributed by atoms with van der Waals surface area (Å²) in [4.78, 5) is 37.9. The number of carbonyl (C=O) groups is 3. The fraction of sp³-hybridized carbons (Fsp3) is 0.703. The van der Waals surface area contributed by atoms with Crippen LogP contribution in [-0.4, -0.2) is 37.2 Å². The molecule has 0 saturated heterocycles. The summed E-state index contributed by atoms with van der Waals surface area (Å²) in [6.07, 6.45) is 77.2. The third-order valence-electron chi connectivity index (χ3n) is 12.3. The van der Waals surface area contributed by atoms with Crippen molar-refractivity contribution in [3.8, 4) is 0 Å². The summed E-state index contributed by atoms with van der Waals surface area (Å²) >= 11 is 0. The van der Waals surface area contributed by atoms with E-state index in [2.05, 4.69) is 118 Å². The maximum atomic E-state index is 12.8. The van der Waals surface area contributed by atoms with Crippen LogP contribution in [0.5, 0.6) is 0 Å². The monoisotopic (exact) mass is 973 g/mol. The molecule has 1 unspecified atom stereocenters. The lowest BCUT2D eigenvalue weighted by Gasteiger charge is -2.18. The normalized spacial score (nSPS) is 12.8. The van der Waals surface area contributed by atoms with Crippen LogP contribution in [0.2, 0.25) is 0 Å². The summed E-state index contributed by atoms with van der Waals surface area (Å²) < 4.78 is 16.7. The van der Waals surface area contributed by atoms with Crippen LogP contribution in [0, 0.1) is 0 Å². The zero-order chi connectivity index (χ0) is 50.7. The maximum Gasteiger partial charge on any atom is 0.306 e. The summed E-state index contributed by atoms with van der Waals surface area (Å²) in [5.74, 6) is -0.905. The summed E-state index contributed by atoms with van der Waals surface area (Å²) in [6.45, 7) is 6.45. The van der Waals surface area contributed by atoms with Crippen LogP contribution >= 0.6 is 0 Å². The Morgan fingerprint density at radius 2 is 0.557 bits per heavy atom. The topological polar surface area (TPSA) is 78.9 Å². The van der Waals surface area contributed by atoms with Crippen LogP contribution in [0.1, 0.15) is 271 Å². The lowest BCUT2D eigenvalue weighted by Crippen LogP contribution is -2.30. The van der Waals surface area contributed by atoms with Crippen LogP contribution < -0.4 is 0 Å². The van der Waals surface area contributed by atoms with Gasteiger partial charge in [0.15, 0.2) is 6.10 Å². The number of hydrogen-bond acceptors (Lipinski definition) is 6. The van der Waals surface area contributed by atoms with Crippen molar-refractivity contribution in [1.82, 2.24) is 0 Å². The van der Waals surface area contributed by atoms with E-state index in [4.69, 9.17) is 14.2 Å². The third-order valence-corrected chi connectivity index (χ3v) is 12.3. The maximum absolute atomic E-state index is 12.8. The molecule has 0 spiro atoms. The van der Waals surface area contributed by atoms with Gasteiger partial charge < -0.3 is 14.2 Å². The van der Waals surface area contributed by atoms with Crippen molar-refractivity contribution in [2.24, 2.45) is 0 Å². The van der Waals surface area contributed by atoms with E-state index in [0.717, 1.165) is 109 Å². The fourth-order valence-corrected chi connectivity index (χ4v) is 7.95. The first-order chi connectivity index (χ1) is 34.5. The molecule has 400 valence electrons. The highest BCUT2D eigenvalue weighted by molar-refractivity contribution is 5.71. The van der Waals surface area contributed by atoms with Crippen LogP contribution in [0.25, 0.3) is 0 Å². The first-order valence-electron chi connectivity index (χ1n) is 29.2. The smallest absolute Gasteiger partial charge is 0.306 e. The Balaban J connectivity index is 4.16. The largest absolute Gasteiger partial charge is 0.462 e. The van der Waals surface area contributed by atoms with Gasteiger partial charge in [0, 0.05) is 19.3 Å². The predicted molar refractivity (Wildman–Crippen MR) is 302 cm³/mol. The number of carbonyl (C=O) groups excluding carboxylic acids is 3. The molecule has 0 radical (unpaired) electrons. The molecule has 0 bridgehead atoms. The van der Waals surface area contributed by atoms with Crippen LogP contribution in [0.15, 0.2) is 97.2 Å². The molecule has 6 heteroatoms. The van der Waals surface area contributed by atoms with Crippen molar-refractivity contribution in [3.63, 3.8) is 0 Å².